The molecule has 0 radical (unpaired) electrons. The number of hydrogen-bond donors (Lipinski definition) is 4. The second-order valence-corrected chi connectivity index (χ2v) is 7.04. The Bertz CT molecular complexity index is 1040. The lowest BCUT2D eigenvalue weighted by atomic mass is 10.0. The summed E-state index contributed by atoms with van der Waals surface area (Å²) in [7, 11) is 0. The molecule has 0 spiro atoms. The molecule has 30 heavy (non-hydrogen) atoms. The van der Waals surface area contributed by atoms with Gasteiger partial charge in [-0.25, -0.2) is 4.98 Å². The molecule has 154 valence electrons. The van der Waals surface area contributed by atoms with Gasteiger partial charge in [-0.15, -0.1) is 0 Å². The molecule has 0 aliphatic carbocycles. The van der Waals surface area contributed by atoms with Crippen molar-refractivity contribution < 1.29 is 19.2 Å². The summed E-state index contributed by atoms with van der Waals surface area (Å²) in [5, 5.41) is 8.50. The van der Waals surface area contributed by atoms with E-state index in [1.165, 1.54) is 0 Å². The number of anilines is 3. The van der Waals surface area contributed by atoms with Crippen LogP contribution in [0.5, 0.6) is 0 Å². The van der Waals surface area contributed by atoms with Crippen molar-refractivity contribution in [3.63, 3.8) is 0 Å². The summed E-state index contributed by atoms with van der Waals surface area (Å²) in [5.41, 5.74) is 7.35. The Balaban J connectivity index is 1.40. The molecule has 2 aromatic rings. The Morgan fingerprint density at radius 1 is 1.03 bits per heavy atom. The Morgan fingerprint density at radius 3 is 2.53 bits per heavy atom. The number of nitrogens with two attached hydrogens (primary N) is 1. The number of carbonyl (C=O) groups is 4. The van der Waals surface area contributed by atoms with E-state index in [1.54, 1.807) is 36.5 Å². The maximum atomic E-state index is 12.8. The van der Waals surface area contributed by atoms with Crippen molar-refractivity contribution in [1.29, 1.82) is 0 Å². The molecule has 0 bridgehead atoms. The van der Waals surface area contributed by atoms with Crippen LogP contribution in [0.15, 0.2) is 36.5 Å². The number of nitrogens with zero attached hydrogens (tertiary/aromatic N) is 2. The van der Waals surface area contributed by atoms with Crippen LogP contribution in [-0.2, 0) is 9.59 Å². The number of aromatic nitrogens is 1. The fraction of sp³-hybridized carbons (Fsp3) is 0.250. The molecule has 3 heterocycles. The smallest absolute Gasteiger partial charge is 0.262 e. The summed E-state index contributed by atoms with van der Waals surface area (Å²) in [6.45, 7) is 1.12. The van der Waals surface area contributed by atoms with Crippen molar-refractivity contribution in [2.75, 3.05) is 29.5 Å². The summed E-state index contributed by atoms with van der Waals surface area (Å²) in [6.07, 6.45) is 1.78. The SMILES string of the molecule is Nc1ccc(NCCNc2ccc3c(c2)C(=O)N(C2CCC(=O)NC2=O)C3=O)nc1. The number of pyridine rings is 1. The number of nitrogen functional groups attached to an aromatic ring is 1. The zero-order valence-corrected chi connectivity index (χ0v) is 16.0. The van der Waals surface area contributed by atoms with Crippen LogP contribution < -0.4 is 21.7 Å². The second-order valence-electron chi connectivity index (χ2n) is 7.04. The lowest BCUT2D eigenvalue weighted by Crippen LogP contribution is -2.54. The first-order chi connectivity index (χ1) is 14.4. The average Bonchev–Trinajstić information content (AvgIpc) is 2.97. The Labute approximate surface area is 171 Å². The molecule has 4 amide bonds. The van der Waals surface area contributed by atoms with Crippen LogP contribution in [0.1, 0.15) is 33.6 Å². The fourth-order valence-corrected chi connectivity index (χ4v) is 3.49. The molecule has 10 nitrogen and oxygen atoms in total. The molecule has 1 aromatic carbocycles. The van der Waals surface area contributed by atoms with Gasteiger partial charge < -0.3 is 16.4 Å². The predicted molar refractivity (Wildman–Crippen MR) is 109 cm³/mol. The first kappa shape index (κ1) is 19.4. The van der Waals surface area contributed by atoms with Crippen LogP contribution in [0, 0.1) is 0 Å². The van der Waals surface area contributed by atoms with Crippen molar-refractivity contribution in [2.45, 2.75) is 18.9 Å². The predicted octanol–water partition coefficient (Wildman–Crippen LogP) is 0.589. The highest BCUT2D eigenvalue weighted by Crippen LogP contribution is 2.29. The van der Waals surface area contributed by atoms with Gasteiger partial charge in [0.2, 0.25) is 11.8 Å². The van der Waals surface area contributed by atoms with Gasteiger partial charge in [0.05, 0.1) is 23.0 Å². The lowest BCUT2D eigenvalue weighted by Gasteiger charge is -2.27. The zero-order chi connectivity index (χ0) is 21.3. The van der Waals surface area contributed by atoms with Gasteiger partial charge in [0.15, 0.2) is 0 Å². The van der Waals surface area contributed by atoms with Crippen molar-refractivity contribution in [1.82, 2.24) is 15.2 Å². The molecule has 5 N–H and O–H groups in total. The lowest BCUT2D eigenvalue weighted by molar-refractivity contribution is -0.136. The third-order valence-electron chi connectivity index (χ3n) is 4.99. The molecular formula is C20H20N6O4. The van der Waals surface area contributed by atoms with Gasteiger partial charge in [0.25, 0.3) is 11.8 Å². The number of carbonyl (C=O) groups excluding carboxylic acids is 4. The van der Waals surface area contributed by atoms with E-state index < -0.39 is 29.7 Å². The average molecular weight is 408 g/mol. The number of hydrogen-bond acceptors (Lipinski definition) is 8. The molecule has 4 rings (SSSR count). The van der Waals surface area contributed by atoms with Gasteiger partial charge in [0.1, 0.15) is 11.9 Å². The first-order valence-corrected chi connectivity index (χ1v) is 9.49. The minimum Gasteiger partial charge on any atom is -0.397 e. The minimum atomic E-state index is -0.969. The van der Waals surface area contributed by atoms with Crippen molar-refractivity contribution in [3.8, 4) is 0 Å². The van der Waals surface area contributed by atoms with Crippen LogP contribution in [-0.4, -0.2) is 52.6 Å². The van der Waals surface area contributed by atoms with Crippen LogP contribution in [0.4, 0.5) is 17.2 Å². The van der Waals surface area contributed by atoms with E-state index in [9.17, 15) is 19.2 Å². The fourth-order valence-electron chi connectivity index (χ4n) is 3.49. The topological polar surface area (TPSA) is 147 Å². The van der Waals surface area contributed by atoms with Crippen molar-refractivity contribution in [2.24, 2.45) is 0 Å². The number of rotatable bonds is 6. The standard InChI is InChI=1S/C20H20N6O4/c21-11-1-5-16(24-10-11)23-8-7-22-12-2-3-13-14(9-12)20(30)26(19(13)29)15-4-6-17(27)25-18(15)28/h1-3,5,9-10,15,22H,4,6-8,21H2,(H,23,24)(H,25,27,28). The van der Waals surface area contributed by atoms with Gasteiger partial charge in [0, 0.05) is 25.2 Å². The maximum absolute atomic E-state index is 12.8. The van der Waals surface area contributed by atoms with Crippen LogP contribution in [0.2, 0.25) is 0 Å². The van der Waals surface area contributed by atoms with E-state index in [4.69, 9.17) is 5.73 Å². The maximum Gasteiger partial charge on any atom is 0.262 e. The van der Waals surface area contributed by atoms with Gasteiger partial charge in [-0.05, 0) is 36.8 Å². The monoisotopic (exact) mass is 408 g/mol. The number of imide groups is 2. The largest absolute Gasteiger partial charge is 0.397 e. The first-order valence-electron chi connectivity index (χ1n) is 9.49. The Morgan fingerprint density at radius 2 is 1.80 bits per heavy atom. The summed E-state index contributed by atoms with van der Waals surface area (Å²) in [4.78, 5) is 54.0. The summed E-state index contributed by atoms with van der Waals surface area (Å²) in [6, 6.07) is 7.43. The Hall–Kier alpha value is -3.95. The number of fused-ring (bicyclic) bond motifs is 1. The zero-order valence-electron chi connectivity index (χ0n) is 16.0. The van der Waals surface area contributed by atoms with Gasteiger partial charge in [-0.3, -0.25) is 29.4 Å². The molecule has 2 aliphatic rings. The quantitative estimate of drug-likeness (QED) is 0.401. The van der Waals surface area contributed by atoms with E-state index in [1.807, 2.05) is 0 Å². The molecule has 1 fully saturated rings. The molecule has 1 aromatic heterocycles. The second kappa shape index (κ2) is 7.82. The van der Waals surface area contributed by atoms with Crippen LogP contribution in [0.3, 0.4) is 0 Å². The van der Waals surface area contributed by atoms with Crippen LogP contribution in [0.25, 0.3) is 0 Å². The van der Waals surface area contributed by atoms with Crippen LogP contribution >= 0.6 is 0 Å². The summed E-state index contributed by atoms with van der Waals surface area (Å²) in [5.74, 6) is -1.38. The molecule has 2 aliphatic heterocycles. The minimum absolute atomic E-state index is 0.0898. The molecule has 1 unspecified atom stereocenters. The van der Waals surface area contributed by atoms with E-state index >= 15 is 0 Å². The number of amides is 4. The van der Waals surface area contributed by atoms with E-state index in [2.05, 4.69) is 20.9 Å². The normalized spacial score (nSPS) is 18.3. The van der Waals surface area contributed by atoms with Gasteiger partial charge >= 0.3 is 0 Å². The Kier molecular flexibility index (Phi) is 5.05. The van der Waals surface area contributed by atoms with Gasteiger partial charge in [-0.2, -0.15) is 0 Å². The number of piperidine rings is 1. The van der Waals surface area contributed by atoms with E-state index in [-0.39, 0.29) is 24.0 Å². The third-order valence-corrected chi connectivity index (χ3v) is 4.99. The molecular weight excluding hydrogens is 388 g/mol. The summed E-state index contributed by atoms with van der Waals surface area (Å²) < 4.78 is 0. The number of nitrogens with one attached hydrogen (secondary N) is 3. The van der Waals surface area contributed by atoms with E-state index in [0.717, 1.165) is 4.90 Å². The van der Waals surface area contributed by atoms with E-state index in [0.29, 0.717) is 30.3 Å². The molecule has 0 saturated carbocycles. The molecule has 10 heteroatoms. The highest BCUT2D eigenvalue weighted by molar-refractivity contribution is 6.23. The van der Waals surface area contributed by atoms with Crippen molar-refractivity contribution in [3.05, 3.63) is 47.7 Å². The van der Waals surface area contributed by atoms with Gasteiger partial charge in [-0.1, -0.05) is 0 Å². The highest BCUT2D eigenvalue weighted by Gasteiger charge is 2.44. The number of benzene rings is 1. The van der Waals surface area contributed by atoms with Crippen molar-refractivity contribution >= 4 is 40.8 Å². The third kappa shape index (κ3) is 3.66. The summed E-state index contributed by atoms with van der Waals surface area (Å²) >= 11 is 0. The molecule has 1 saturated heterocycles. The highest BCUT2D eigenvalue weighted by atomic mass is 16.2. The molecule has 1 atom stereocenters.